The van der Waals surface area contributed by atoms with E-state index in [-0.39, 0.29) is 0 Å². The summed E-state index contributed by atoms with van der Waals surface area (Å²) in [5.41, 5.74) is -1.70. The third kappa shape index (κ3) is 3.07. The van der Waals surface area contributed by atoms with E-state index in [4.69, 9.17) is 4.74 Å². The number of nitrogens with zero attached hydrogens (tertiary/aromatic N) is 2. The molecular formula is C12H18N2O3S. The summed E-state index contributed by atoms with van der Waals surface area (Å²) in [6, 6.07) is 0. The van der Waals surface area contributed by atoms with Crippen molar-refractivity contribution in [2.75, 3.05) is 7.05 Å². The van der Waals surface area contributed by atoms with Crippen molar-refractivity contribution in [2.24, 2.45) is 0 Å². The molecule has 0 saturated heterocycles. The van der Waals surface area contributed by atoms with Crippen LogP contribution in [0, 0.1) is 0 Å². The standard InChI is InChI=1S/C12H18N2O3S/c1-11(2,3)17-10(16)14(5)12(4,8-15)9-13-6-7-18-9/h6-8H,1-5H3. The molecule has 0 aliphatic rings. The van der Waals surface area contributed by atoms with Gasteiger partial charge in [0.15, 0.2) is 6.29 Å². The number of aldehydes is 1. The van der Waals surface area contributed by atoms with Crippen LogP contribution in [0.4, 0.5) is 4.79 Å². The highest BCUT2D eigenvalue weighted by molar-refractivity contribution is 7.09. The van der Waals surface area contributed by atoms with Crippen molar-refractivity contribution in [3.8, 4) is 0 Å². The number of hydrogen-bond acceptors (Lipinski definition) is 5. The molecule has 18 heavy (non-hydrogen) atoms. The molecule has 1 aromatic rings. The summed E-state index contributed by atoms with van der Waals surface area (Å²) < 4.78 is 5.25. The van der Waals surface area contributed by atoms with Crippen LogP contribution < -0.4 is 0 Å². The molecule has 0 aliphatic carbocycles. The minimum absolute atomic E-state index is 0.549. The molecular weight excluding hydrogens is 252 g/mol. The fourth-order valence-corrected chi connectivity index (χ4v) is 2.06. The normalized spacial score (nSPS) is 14.7. The van der Waals surface area contributed by atoms with Gasteiger partial charge in [-0.05, 0) is 27.7 Å². The lowest BCUT2D eigenvalue weighted by atomic mass is 10.0. The Morgan fingerprint density at radius 1 is 1.44 bits per heavy atom. The highest BCUT2D eigenvalue weighted by Gasteiger charge is 2.38. The van der Waals surface area contributed by atoms with Gasteiger partial charge in [0.05, 0.1) is 0 Å². The van der Waals surface area contributed by atoms with Gasteiger partial charge in [0.2, 0.25) is 0 Å². The highest BCUT2D eigenvalue weighted by atomic mass is 32.1. The van der Waals surface area contributed by atoms with Gasteiger partial charge in [-0.3, -0.25) is 4.90 Å². The number of thiazole rings is 1. The molecule has 0 fully saturated rings. The smallest absolute Gasteiger partial charge is 0.411 e. The Morgan fingerprint density at radius 2 is 2.06 bits per heavy atom. The summed E-state index contributed by atoms with van der Waals surface area (Å²) >= 11 is 1.33. The second kappa shape index (κ2) is 5.06. The second-order valence-electron chi connectivity index (χ2n) is 5.14. The van der Waals surface area contributed by atoms with Crippen molar-refractivity contribution in [3.63, 3.8) is 0 Å². The van der Waals surface area contributed by atoms with Crippen LogP contribution in [-0.2, 0) is 15.1 Å². The van der Waals surface area contributed by atoms with Gasteiger partial charge < -0.3 is 9.53 Å². The van der Waals surface area contributed by atoms with Crippen LogP contribution in [0.1, 0.15) is 32.7 Å². The second-order valence-corrected chi connectivity index (χ2v) is 6.04. The molecule has 1 unspecified atom stereocenters. The lowest BCUT2D eigenvalue weighted by molar-refractivity contribution is -0.117. The van der Waals surface area contributed by atoms with E-state index >= 15 is 0 Å². The van der Waals surface area contributed by atoms with E-state index in [1.54, 1.807) is 39.3 Å². The number of carbonyl (C=O) groups is 2. The molecule has 6 heteroatoms. The molecule has 100 valence electrons. The van der Waals surface area contributed by atoms with E-state index in [2.05, 4.69) is 4.98 Å². The van der Waals surface area contributed by atoms with Gasteiger partial charge in [-0.25, -0.2) is 9.78 Å². The van der Waals surface area contributed by atoms with Gasteiger partial charge >= 0.3 is 6.09 Å². The lowest BCUT2D eigenvalue weighted by Gasteiger charge is -2.33. The summed E-state index contributed by atoms with van der Waals surface area (Å²) in [7, 11) is 1.53. The largest absolute Gasteiger partial charge is 0.444 e. The van der Waals surface area contributed by atoms with Crippen LogP contribution in [0.2, 0.25) is 0 Å². The first-order valence-electron chi connectivity index (χ1n) is 5.54. The molecule has 0 N–H and O–H groups in total. The van der Waals surface area contributed by atoms with Crippen molar-refractivity contribution in [3.05, 3.63) is 16.6 Å². The van der Waals surface area contributed by atoms with Gasteiger partial charge in [0.25, 0.3) is 0 Å². The van der Waals surface area contributed by atoms with Crippen molar-refractivity contribution < 1.29 is 14.3 Å². The number of carbonyl (C=O) groups excluding carboxylic acids is 2. The Bertz CT molecular complexity index is 425. The molecule has 1 rings (SSSR count). The molecule has 1 atom stereocenters. The topological polar surface area (TPSA) is 59.5 Å². The first kappa shape index (κ1) is 14.6. The van der Waals surface area contributed by atoms with E-state index in [1.165, 1.54) is 23.3 Å². The molecule has 1 aromatic heterocycles. The van der Waals surface area contributed by atoms with Gasteiger partial charge in [0.1, 0.15) is 16.1 Å². The van der Waals surface area contributed by atoms with Crippen LogP contribution in [0.5, 0.6) is 0 Å². The van der Waals surface area contributed by atoms with Crippen LogP contribution in [-0.4, -0.2) is 34.9 Å². The van der Waals surface area contributed by atoms with E-state index in [0.717, 1.165) is 0 Å². The summed E-state index contributed by atoms with van der Waals surface area (Å²) in [5, 5.41) is 2.32. The molecule has 1 amide bonds. The predicted molar refractivity (Wildman–Crippen MR) is 69.5 cm³/mol. The summed E-state index contributed by atoms with van der Waals surface area (Å²) in [6.07, 6.45) is 1.76. The Hall–Kier alpha value is -1.43. The van der Waals surface area contributed by atoms with Gasteiger partial charge in [-0.15, -0.1) is 11.3 Å². The van der Waals surface area contributed by atoms with Crippen LogP contribution in [0.3, 0.4) is 0 Å². The highest BCUT2D eigenvalue weighted by Crippen LogP contribution is 2.28. The van der Waals surface area contributed by atoms with Gasteiger partial charge in [-0.2, -0.15) is 0 Å². The molecule has 0 spiro atoms. The molecule has 1 heterocycles. The molecule has 0 saturated carbocycles. The van der Waals surface area contributed by atoms with Gasteiger partial charge in [0, 0.05) is 18.6 Å². The monoisotopic (exact) mass is 270 g/mol. The summed E-state index contributed by atoms with van der Waals surface area (Å²) in [4.78, 5) is 28.7. The Balaban J connectivity index is 2.96. The maximum absolute atomic E-state index is 12.0. The number of likely N-dealkylation sites (N-methyl/N-ethyl adjacent to an activating group) is 1. The minimum Gasteiger partial charge on any atom is -0.444 e. The zero-order valence-electron chi connectivity index (χ0n) is 11.3. The average Bonchev–Trinajstić information content (AvgIpc) is 2.78. The number of hydrogen-bond donors (Lipinski definition) is 0. The minimum atomic E-state index is -1.10. The van der Waals surface area contributed by atoms with E-state index in [0.29, 0.717) is 11.3 Å². The quantitative estimate of drug-likeness (QED) is 0.791. The third-order valence-electron chi connectivity index (χ3n) is 2.46. The fourth-order valence-electron chi connectivity index (χ4n) is 1.27. The molecule has 0 bridgehead atoms. The van der Waals surface area contributed by atoms with Crippen LogP contribution in [0.15, 0.2) is 11.6 Å². The Labute approximate surface area is 111 Å². The van der Waals surface area contributed by atoms with E-state index < -0.39 is 17.2 Å². The maximum atomic E-state index is 12.0. The SMILES string of the molecule is CN(C(=O)OC(C)(C)C)C(C)(C=O)c1nccs1. The van der Waals surface area contributed by atoms with Crippen LogP contribution in [0.25, 0.3) is 0 Å². The number of rotatable bonds is 3. The maximum Gasteiger partial charge on any atom is 0.411 e. The predicted octanol–water partition coefficient (Wildman–Crippen LogP) is 2.42. The molecule has 0 aliphatic heterocycles. The summed E-state index contributed by atoms with van der Waals surface area (Å²) in [5.74, 6) is 0. The van der Waals surface area contributed by atoms with Crippen molar-refractivity contribution >= 4 is 23.7 Å². The Morgan fingerprint density at radius 3 is 2.44 bits per heavy atom. The third-order valence-corrected chi connectivity index (χ3v) is 3.46. The van der Waals surface area contributed by atoms with E-state index in [1.807, 2.05) is 0 Å². The molecule has 0 aromatic carbocycles. The van der Waals surface area contributed by atoms with E-state index in [9.17, 15) is 9.59 Å². The van der Waals surface area contributed by atoms with Crippen molar-refractivity contribution in [2.45, 2.75) is 38.8 Å². The zero-order chi connectivity index (χ0) is 14.0. The number of ether oxygens (including phenoxy) is 1. The van der Waals surface area contributed by atoms with Crippen molar-refractivity contribution in [1.82, 2.24) is 9.88 Å². The average molecular weight is 270 g/mol. The van der Waals surface area contributed by atoms with Crippen LogP contribution >= 0.6 is 11.3 Å². The zero-order valence-corrected chi connectivity index (χ0v) is 12.1. The fraction of sp³-hybridized carbons (Fsp3) is 0.583. The number of aromatic nitrogens is 1. The first-order chi connectivity index (χ1) is 8.20. The molecule has 5 nitrogen and oxygen atoms in total. The molecule has 0 radical (unpaired) electrons. The summed E-state index contributed by atoms with van der Waals surface area (Å²) in [6.45, 7) is 6.98. The van der Waals surface area contributed by atoms with Gasteiger partial charge in [-0.1, -0.05) is 0 Å². The lowest BCUT2D eigenvalue weighted by Crippen LogP contribution is -2.48. The van der Waals surface area contributed by atoms with Crippen molar-refractivity contribution in [1.29, 1.82) is 0 Å². The first-order valence-corrected chi connectivity index (χ1v) is 6.42. The number of amides is 1. The Kier molecular flexibility index (Phi) is 4.11.